The molecule has 0 aliphatic rings. The van der Waals surface area contributed by atoms with E-state index in [-0.39, 0.29) is 5.56 Å². The fraction of sp³-hybridized carbons (Fsp3) is 0.400. The Morgan fingerprint density at radius 1 is 1.11 bits per heavy atom. The first-order valence-electron chi connectivity index (χ1n) is 6.35. The molecule has 1 heterocycles. The van der Waals surface area contributed by atoms with E-state index in [0.717, 1.165) is 33.9 Å². The van der Waals surface area contributed by atoms with E-state index in [1.54, 1.807) is 0 Å². The molecule has 0 radical (unpaired) electrons. The van der Waals surface area contributed by atoms with Crippen LogP contribution in [0.15, 0.2) is 29.1 Å². The van der Waals surface area contributed by atoms with Gasteiger partial charge in [-0.05, 0) is 17.9 Å². The van der Waals surface area contributed by atoms with Crippen LogP contribution in [0.25, 0.3) is 10.8 Å². The van der Waals surface area contributed by atoms with Crippen molar-refractivity contribution in [1.29, 1.82) is 0 Å². The van der Waals surface area contributed by atoms with E-state index in [9.17, 15) is 4.79 Å². The number of aromatic nitrogens is 1. The lowest BCUT2D eigenvalue weighted by atomic mass is 10.0. The van der Waals surface area contributed by atoms with Crippen LogP contribution in [0.5, 0.6) is 0 Å². The lowest BCUT2D eigenvalue weighted by Crippen LogP contribution is -2.34. The summed E-state index contributed by atoms with van der Waals surface area (Å²) < 4.78 is 0.850. The van der Waals surface area contributed by atoms with Crippen molar-refractivity contribution in [3.05, 3.63) is 45.9 Å². The standard InChI is InChI=1S/C15H20N2O/c1-5-14-13(10-17(2,3)4)11-8-6-7-9-12(11)15(18)16-14/h6-9H,5,10H2,1-4H3/p+1. The highest BCUT2D eigenvalue weighted by atomic mass is 16.1. The molecule has 0 unspecified atom stereocenters. The van der Waals surface area contributed by atoms with Crippen molar-refractivity contribution in [3.63, 3.8) is 0 Å². The largest absolute Gasteiger partial charge is 0.327 e. The number of hydrogen-bond donors (Lipinski definition) is 1. The number of nitrogens with one attached hydrogen (secondary N) is 1. The van der Waals surface area contributed by atoms with Crippen molar-refractivity contribution < 1.29 is 4.48 Å². The van der Waals surface area contributed by atoms with Gasteiger partial charge in [-0.1, -0.05) is 25.1 Å². The van der Waals surface area contributed by atoms with E-state index >= 15 is 0 Å². The summed E-state index contributed by atoms with van der Waals surface area (Å²) in [4.78, 5) is 15.0. The van der Waals surface area contributed by atoms with Gasteiger partial charge >= 0.3 is 0 Å². The maximum absolute atomic E-state index is 12.0. The van der Waals surface area contributed by atoms with Crippen LogP contribution >= 0.6 is 0 Å². The van der Waals surface area contributed by atoms with Gasteiger partial charge in [-0.2, -0.15) is 0 Å². The molecule has 0 fully saturated rings. The second kappa shape index (κ2) is 4.58. The molecule has 0 amide bonds. The van der Waals surface area contributed by atoms with E-state index in [1.165, 1.54) is 5.56 Å². The van der Waals surface area contributed by atoms with Crippen LogP contribution in [-0.4, -0.2) is 30.6 Å². The second-order valence-electron chi connectivity index (χ2n) is 5.76. The zero-order valence-corrected chi connectivity index (χ0v) is 11.6. The molecule has 0 saturated carbocycles. The fourth-order valence-corrected chi connectivity index (χ4v) is 2.34. The third-order valence-corrected chi connectivity index (χ3v) is 3.11. The number of aromatic amines is 1. The highest BCUT2D eigenvalue weighted by Gasteiger charge is 2.16. The summed E-state index contributed by atoms with van der Waals surface area (Å²) in [7, 11) is 6.50. The summed E-state index contributed by atoms with van der Waals surface area (Å²) >= 11 is 0. The van der Waals surface area contributed by atoms with Crippen molar-refractivity contribution in [1.82, 2.24) is 4.98 Å². The van der Waals surface area contributed by atoms with E-state index < -0.39 is 0 Å². The zero-order valence-electron chi connectivity index (χ0n) is 11.6. The molecule has 3 nitrogen and oxygen atoms in total. The van der Waals surface area contributed by atoms with E-state index in [0.29, 0.717) is 0 Å². The molecule has 1 aromatic carbocycles. The first kappa shape index (κ1) is 12.8. The molecule has 0 aliphatic heterocycles. The lowest BCUT2D eigenvalue weighted by Gasteiger charge is -2.25. The molecule has 0 spiro atoms. The number of rotatable bonds is 3. The van der Waals surface area contributed by atoms with Crippen LogP contribution in [-0.2, 0) is 13.0 Å². The average Bonchev–Trinajstić information content (AvgIpc) is 2.31. The molecule has 18 heavy (non-hydrogen) atoms. The van der Waals surface area contributed by atoms with Gasteiger partial charge in [0.25, 0.3) is 5.56 Å². The first-order valence-corrected chi connectivity index (χ1v) is 6.35. The summed E-state index contributed by atoms with van der Waals surface area (Å²) in [5, 5.41) is 1.88. The number of nitrogens with zero attached hydrogens (tertiary/aromatic N) is 1. The van der Waals surface area contributed by atoms with Crippen LogP contribution < -0.4 is 5.56 Å². The van der Waals surface area contributed by atoms with Gasteiger partial charge < -0.3 is 9.47 Å². The summed E-state index contributed by atoms with van der Waals surface area (Å²) in [5.41, 5.74) is 2.35. The van der Waals surface area contributed by atoms with Gasteiger partial charge in [0, 0.05) is 16.6 Å². The number of quaternary nitrogens is 1. The molecular weight excluding hydrogens is 224 g/mol. The molecule has 2 aromatic rings. The maximum atomic E-state index is 12.0. The number of aryl methyl sites for hydroxylation is 1. The smallest absolute Gasteiger partial charge is 0.256 e. The van der Waals surface area contributed by atoms with Gasteiger partial charge in [-0.15, -0.1) is 0 Å². The van der Waals surface area contributed by atoms with Crippen LogP contribution in [0.1, 0.15) is 18.2 Å². The Morgan fingerprint density at radius 2 is 1.72 bits per heavy atom. The SMILES string of the molecule is CCc1[nH]c(=O)c2ccccc2c1C[N+](C)(C)C. The van der Waals surface area contributed by atoms with Gasteiger partial charge in [0.1, 0.15) is 6.54 Å². The first-order chi connectivity index (χ1) is 8.42. The van der Waals surface area contributed by atoms with Crippen LogP contribution in [0.4, 0.5) is 0 Å². The molecule has 1 aromatic heterocycles. The van der Waals surface area contributed by atoms with Crippen molar-refractivity contribution in [2.24, 2.45) is 0 Å². The monoisotopic (exact) mass is 245 g/mol. The fourth-order valence-electron chi connectivity index (χ4n) is 2.34. The molecular formula is C15H21N2O+. The number of fused-ring (bicyclic) bond motifs is 1. The van der Waals surface area contributed by atoms with Gasteiger partial charge in [-0.3, -0.25) is 4.79 Å². The predicted octanol–water partition coefficient (Wildman–Crippen LogP) is 2.30. The molecule has 96 valence electrons. The molecule has 1 N–H and O–H groups in total. The molecule has 0 atom stereocenters. The Labute approximate surface area is 108 Å². The predicted molar refractivity (Wildman–Crippen MR) is 75.7 cm³/mol. The number of benzene rings is 1. The van der Waals surface area contributed by atoms with E-state index in [2.05, 4.69) is 39.1 Å². The van der Waals surface area contributed by atoms with Gasteiger partial charge in [0.15, 0.2) is 0 Å². The van der Waals surface area contributed by atoms with E-state index in [1.807, 2.05) is 18.2 Å². The highest BCUT2D eigenvalue weighted by Crippen LogP contribution is 2.21. The Morgan fingerprint density at radius 3 is 2.28 bits per heavy atom. The third-order valence-electron chi connectivity index (χ3n) is 3.11. The number of pyridine rings is 1. The minimum atomic E-state index is 0.0209. The molecule has 2 rings (SSSR count). The summed E-state index contributed by atoms with van der Waals surface area (Å²) in [6.45, 7) is 3.00. The topological polar surface area (TPSA) is 32.9 Å². The Bertz CT molecular complexity index is 620. The van der Waals surface area contributed by atoms with Gasteiger partial charge in [0.2, 0.25) is 0 Å². The number of hydrogen-bond acceptors (Lipinski definition) is 1. The van der Waals surface area contributed by atoms with Crippen molar-refractivity contribution in [2.75, 3.05) is 21.1 Å². The Hall–Kier alpha value is -1.61. The van der Waals surface area contributed by atoms with Gasteiger partial charge in [0.05, 0.1) is 21.1 Å². The minimum absolute atomic E-state index is 0.0209. The minimum Gasteiger partial charge on any atom is -0.327 e. The Kier molecular flexibility index (Phi) is 3.26. The average molecular weight is 245 g/mol. The van der Waals surface area contributed by atoms with Crippen LogP contribution in [0, 0.1) is 0 Å². The normalized spacial score (nSPS) is 12.0. The second-order valence-corrected chi connectivity index (χ2v) is 5.76. The quantitative estimate of drug-likeness (QED) is 0.827. The summed E-state index contributed by atoms with van der Waals surface area (Å²) in [5.74, 6) is 0. The van der Waals surface area contributed by atoms with E-state index in [4.69, 9.17) is 0 Å². The summed E-state index contributed by atoms with van der Waals surface area (Å²) in [6.07, 6.45) is 0.857. The number of H-pyrrole nitrogens is 1. The third kappa shape index (κ3) is 2.46. The molecule has 0 saturated heterocycles. The van der Waals surface area contributed by atoms with Gasteiger partial charge in [-0.25, -0.2) is 0 Å². The zero-order chi connectivity index (χ0) is 13.3. The van der Waals surface area contributed by atoms with Crippen LogP contribution in [0.2, 0.25) is 0 Å². The molecule has 0 bridgehead atoms. The summed E-state index contributed by atoms with van der Waals surface area (Å²) in [6, 6.07) is 7.86. The molecule has 0 aliphatic carbocycles. The lowest BCUT2D eigenvalue weighted by molar-refractivity contribution is -0.883. The molecule has 3 heteroatoms. The van der Waals surface area contributed by atoms with Crippen molar-refractivity contribution in [2.45, 2.75) is 19.9 Å². The van der Waals surface area contributed by atoms with Crippen molar-refractivity contribution in [3.8, 4) is 0 Å². The highest BCUT2D eigenvalue weighted by molar-refractivity contribution is 5.85. The van der Waals surface area contributed by atoms with Crippen LogP contribution in [0.3, 0.4) is 0 Å². The van der Waals surface area contributed by atoms with Crippen molar-refractivity contribution >= 4 is 10.8 Å². The Balaban J connectivity index is 2.75. The maximum Gasteiger partial charge on any atom is 0.256 e.